The number of carbonyl (C=O) groups excluding carboxylic acids is 2. The van der Waals surface area contributed by atoms with E-state index in [1.54, 1.807) is 24.2 Å². The zero-order chi connectivity index (χ0) is 20.6. The standard InChI is InChI=1S/C20H23N5O4/c1-15(18-8-11-29-23-18)24(2)20(27)14-25-13-16(12-21-25)22-19(26)9-10-28-17-6-4-3-5-7-17/h3-8,11-13,15H,9-10,14H2,1-2H3,(H,22,26)/t15-/m1/s1. The summed E-state index contributed by atoms with van der Waals surface area (Å²) in [6, 6.07) is 10.8. The molecule has 9 nitrogen and oxygen atoms in total. The fraction of sp³-hybridized carbons (Fsp3) is 0.300. The summed E-state index contributed by atoms with van der Waals surface area (Å²) in [6.45, 7) is 2.18. The van der Waals surface area contributed by atoms with Crippen LogP contribution in [0.2, 0.25) is 0 Å². The van der Waals surface area contributed by atoms with Crippen LogP contribution in [0.1, 0.15) is 25.1 Å². The summed E-state index contributed by atoms with van der Waals surface area (Å²) in [5.74, 6) is 0.386. The van der Waals surface area contributed by atoms with Crippen molar-refractivity contribution >= 4 is 17.5 Å². The van der Waals surface area contributed by atoms with Crippen molar-refractivity contribution < 1.29 is 18.8 Å². The fourth-order valence-electron chi connectivity index (χ4n) is 2.62. The number of anilines is 1. The van der Waals surface area contributed by atoms with Gasteiger partial charge in [0.05, 0.1) is 31.0 Å². The molecule has 9 heteroatoms. The van der Waals surface area contributed by atoms with Crippen molar-refractivity contribution in [1.29, 1.82) is 0 Å². The van der Waals surface area contributed by atoms with Crippen LogP contribution in [0.15, 0.2) is 59.6 Å². The lowest BCUT2D eigenvalue weighted by molar-refractivity contribution is -0.132. The minimum atomic E-state index is -0.222. The molecule has 0 spiro atoms. The Morgan fingerprint density at radius 1 is 1.28 bits per heavy atom. The Morgan fingerprint density at radius 3 is 2.79 bits per heavy atom. The highest BCUT2D eigenvalue weighted by Gasteiger charge is 2.20. The van der Waals surface area contributed by atoms with E-state index in [9.17, 15) is 9.59 Å². The molecule has 0 bridgehead atoms. The Labute approximate surface area is 168 Å². The summed E-state index contributed by atoms with van der Waals surface area (Å²) >= 11 is 0. The lowest BCUT2D eigenvalue weighted by Gasteiger charge is -2.23. The highest BCUT2D eigenvalue weighted by atomic mass is 16.5. The summed E-state index contributed by atoms with van der Waals surface area (Å²) in [4.78, 5) is 26.1. The highest BCUT2D eigenvalue weighted by molar-refractivity contribution is 5.90. The van der Waals surface area contributed by atoms with Crippen LogP contribution in [0, 0.1) is 0 Å². The SMILES string of the molecule is C[C@H](c1ccon1)N(C)C(=O)Cn1cc(NC(=O)CCOc2ccccc2)cn1. The average Bonchev–Trinajstić information content (AvgIpc) is 3.40. The maximum absolute atomic E-state index is 12.5. The molecule has 0 saturated heterocycles. The predicted molar refractivity (Wildman–Crippen MR) is 105 cm³/mol. The van der Waals surface area contributed by atoms with E-state index in [-0.39, 0.29) is 37.4 Å². The van der Waals surface area contributed by atoms with Gasteiger partial charge in [-0.25, -0.2) is 0 Å². The maximum atomic E-state index is 12.5. The van der Waals surface area contributed by atoms with Crippen molar-refractivity contribution in [3.8, 4) is 5.75 Å². The zero-order valence-corrected chi connectivity index (χ0v) is 16.3. The molecule has 1 atom stereocenters. The minimum Gasteiger partial charge on any atom is -0.493 e. The molecule has 29 heavy (non-hydrogen) atoms. The minimum absolute atomic E-state index is 0.0473. The van der Waals surface area contributed by atoms with Gasteiger partial charge in [0.1, 0.15) is 24.3 Å². The van der Waals surface area contributed by atoms with Crippen LogP contribution in [0.5, 0.6) is 5.75 Å². The number of hydrogen-bond donors (Lipinski definition) is 1. The molecule has 0 unspecified atom stereocenters. The van der Waals surface area contributed by atoms with Crippen molar-refractivity contribution in [2.24, 2.45) is 0 Å². The van der Waals surface area contributed by atoms with Crippen LogP contribution in [0.3, 0.4) is 0 Å². The van der Waals surface area contributed by atoms with Crippen molar-refractivity contribution in [2.45, 2.75) is 25.9 Å². The first-order chi connectivity index (χ1) is 14.0. The van der Waals surface area contributed by atoms with Crippen LogP contribution in [-0.4, -0.2) is 45.3 Å². The molecule has 0 aliphatic carbocycles. The number of nitrogens with one attached hydrogen (secondary N) is 1. The third kappa shape index (κ3) is 5.68. The summed E-state index contributed by atoms with van der Waals surface area (Å²) in [7, 11) is 1.70. The number of benzene rings is 1. The molecule has 2 heterocycles. The van der Waals surface area contributed by atoms with Gasteiger partial charge >= 0.3 is 0 Å². The van der Waals surface area contributed by atoms with E-state index in [4.69, 9.17) is 9.26 Å². The zero-order valence-electron chi connectivity index (χ0n) is 16.3. The first-order valence-electron chi connectivity index (χ1n) is 9.19. The number of para-hydroxylation sites is 1. The molecular weight excluding hydrogens is 374 g/mol. The van der Waals surface area contributed by atoms with Crippen molar-refractivity contribution in [1.82, 2.24) is 19.8 Å². The first-order valence-corrected chi connectivity index (χ1v) is 9.19. The maximum Gasteiger partial charge on any atom is 0.244 e. The molecule has 3 aromatic rings. The van der Waals surface area contributed by atoms with Crippen LogP contribution in [-0.2, 0) is 16.1 Å². The molecule has 0 aliphatic heterocycles. The average molecular weight is 397 g/mol. The van der Waals surface area contributed by atoms with Crippen LogP contribution >= 0.6 is 0 Å². The van der Waals surface area contributed by atoms with Crippen molar-refractivity contribution in [3.05, 3.63) is 60.7 Å². The van der Waals surface area contributed by atoms with E-state index in [1.807, 2.05) is 37.3 Å². The number of aromatic nitrogens is 3. The van der Waals surface area contributed by atoms with Gasteiger partial charge in [-0.2, -0.15) is 5.10 Å². The Kier molecular flexibility index (Phi) is 6.62. The molecule has 1 N–H and O–H groups in total. The summed E-state index contributed by atoms with van der Waals surface area (Å²) in [5.41, 5.74) is 1.20. The lowest BCUT2D eigenvalue weighted by atomic mass is 10.2. The van der Waals surface area contributed by atoms with Gasteiger partial charge in [0.2, 0.25) is 11.8 Å². The van der Waals surface area contributed by atoms with E-state index >= 15 is 0 Å². The predicted octanol–water partition coefficient (Wildman–Crippen LogP) is 2.50. The Morgan fingerprint density at radius 2 is 2.07 bits per heavy atom. The van der Waals surface area contributed by atoms with Crippen LogP contribution in [0.4, 0.5) is 5.69 Å². The molecule has 2 aromatic heterocycles. The monoisotopic (exact) mass is 397 g/mol. The fourth-order valence-corrected chi connectivity index (χ4v) is 2.62. The Bertz CT molecular complexity index is 924. The second-order valence-corrected chi connectivity index (χ2v) is 6.49. The van der Waals surface area contributed by atoms with E-state index in [0.717, 1.165) is 5.75 Å². The van der Waals surface area contributed by atoms with Gasteiger partial charge in [-0.05, 0) is 19.1 Å². The number of nitrogens with zero attached hydrogens (tertiary/aromatic N) is 4. The van der Waals surface area contributed by atoms with Crippen molar-refractivity contribution in [3.63, 3.8) is 0 Å². The molecule has 152 valence electrons. The number of rotatable bonds is 9. The van der Waals surface area contributed by atoms with E-state index in [2.05, 4.69) is 15.6 Å². The molecule has 0 fully saturated rings. The number of amides is 2. The Balaban J connectivity index is 1.45. The van der Waals surface area contributed by atoms with E-state index < -0.39 is 0 Å². The largest absolute Gasteiger partial charge is 0.493 e. The number of hydrogen-bond acceptors (Lipinski definition) is 6. The normalized spacial score (nSPS) is 11.7. The number of likely N-dealkylation sites (N-methyl/N-ethyl adjacent to an activating group) is 1. The van der Waals surface area contributed by atoms with Gasteiger partial charge in [-0.1, -0.05) is 23.4 Å². The third-order valence-corrected chi connectivity index (χ3v) is 4.42. The van der Waals surface area contributed by atoms with Gasteiger partial charge in [-0.3, -0.25) is 14.3 Å². The number of carbonyl (C=O) groups is 2. The molecular formula is C20H23N5O4. The lowest BCUT2D eigenvalue weighted by Crippen LogP contribution is -2.32. The topological polar surface area (TPSA) is 102 Å². The molecule has 0 aliphatic rings. The highest BCUT2D eigenvalue weighted by Crippen LogP contribution is 2.17. The molecule has 2 amide bonds. The summed E-state index contributed by atoms with van der Waals surface area (Å²) in [5, 5.41) is 10.7. The second kappa shape index (κ2) is 9.54. The van der Waals surface area contributed by atoms with Gasteiger partial charge in [-0.15, -0.1) is 0 Å². The quantitative estimate of drug-likeness (QED) is 0.595. The van der Waals surface area contributed by atoms with Crippen LogP contribution in [0.25, 0.3) is 0 Å². The van der Waals surface area contributed by atoms with Gasteiger partial charge in [0.15, 0.2) is 0 Å². The summed E-state index contributed by atoms with van der Waals surface area (Å²) in [6.07, 6.45) is 4.79. The molecule has 0 saturated carbocycles. The first kappa shape index (κ1) is 20.1. The van der Waals surface area contributed by atoms with E-state index in [1.165, 1.54) is 17.1 Å². The molecule has 3 rings (SSSR count). The third-order valence-electron chi connectivity index (χ3n) is 4.42. The summed E-state index contributed by atoms with van der Waals surface area (Å²) < 4.78 is 11.8. The van der Waals surface area contributed by atoms with E-state index in [0.29, 0.717) is 11.4 Å². The number of ether oxygens (including phenoxy) is 1. The smallest absolute Gasteiger partial charge is 0.244 e. The van der Waals surface area contributed by atoms with Gasteiger partial charge in [0, 0.05) is 19.3 Å². The molecule has 1 aromatic carbocycles. The second-order valence-electron chi connectivity index (χ2n) is 6.49. The Hall–Kier alpha value is -3.62. The van der Waals surface area contributed by atoms with Crippen LogP contribution < -0.4 is 10.1 Å². The van der Waals surface area contributed by atoms with Gasteiger partial charge < -0.3 is 19.5 Å². The van der Waals surface area contributed by atoms with Crippen molar-refractivity contribution in [2.75, 3.05) is 19.0 Å². The molecule has 0 radical (unpaired) electrons. The van der Waals surface area contributed by atoms with Gasteiger partial charge in [0.25, 0.3) is 0 Å².